The van der Waals surface area contributed by atoms with Crippen molar-refractivity contribution in [1.82, 2.24) is 15.1 Å². The van der Waals surface area contributed by atoms with Gasteiger partial charge < -0.3 is 10.2 Å². The topological polar surface area (TPSA) is 69.7 Å². The quantitative estimate of drug-likeness (QED) is 0.795. The Balaban J connectivity index is 1.36. The van der Waals surface area contributed by atoms with Gasteiger partial charge in [-0.05, 0) is 49.6 Å². The van der Waals surface area contributed by atoms with Crippen LogP contribution in [-0.2, 0) is 6.42 Å². The summed E-state index contributed by atoms with van der Waals surface area (Å²) < 4.78 is 0. The molecule has 1 unspecified atom stereocenters. The summed E-state index contributed by atoms with van der Waals surface area (Å²) in [5.74, 6) is -0.875. The van der Waals surface area contributed by atoms with Crippen LogP contribution in [0.3, 0.4) is 0 Å². The molecule has 1 N–H and O–H groups in total. The Morgan fingerprint density at radius 1 is 1.07 bits per heavy atom. The van der Waals surface area contributed by atoms with Crippen LogP contribution in [0.5, 0.6) is 0 Å². The van der Waals surface area contributed by atoms with E-state index >= 15 is 0 Å². The zero-order chi connectivity index (χ0) is 20.4. The third kappa shape index (κ3) is 4.07. The van der Waals surface area contributed by atoms with Gasteiger partial charge in [-0.2, -0.15) is 0 Å². The minimum Gasteiger partial charge on any atom is -0.348 e. The van der Waals surface area contributed by atoms with Crippen LogP contribution in [0.1, 0.15) is 49.5 Å². The highest BCUT2D eigenvalue weighted by Crippen LogP contribution is 2.23. The minimum absolute atomic E-state index is 0.0836. The first kappa shape index (κ1) is 19.3. The van der Waals surface area contributed by atoms with Gasteiger partial charge in [0.15, 0.2) is 0 Å². The number of hydrogen-bond donors (Lipinski definition) is 1. The van der Waals surface area contributed by atoms with E-state index in [1.165, 1.54) is 18.7 Å². The van der Waals surface area contributed by atoms with E-state index in [0.29, 0.717) is 16.7 Å². The van der Waals surface area contributed by atoms with Crippen LogP contribution in [0.25, 0.3) is 0 Å². The second-order valence-electron chi connectivity index (χ2n) is 7.78. The van der Waals surface area contributed by atoms with Crippen molar-refractivity contribution in [2.45, 2.75) is 25.3 Å². The van der Waals surface area contributed by atoms with Gasteiger partial charge >= 0.3 is 0 Å². The summed E-state index contributed by atoms with van der Waals surface area (Å²) in [6.45, 7) is 2.84. The third-order valence-corrected chi connectivity index (χ3v) is 5.75. The number of hydrogen-bond acceptors (Lipinski definition) is 4. The monoisotopic (exact) mass is 391 g/mol. The lowest BCUT2D eigenvalue weighted by Crippen LogP contribution is -2.48. The fraction of sp³-hybridized carbons (Fsp3) is 0.348. The molecule has 6 heteroatoms. The third-order valence-electron chi connectivity index (χ3n) is 5.75. The molecule has 150 valence electrons. The molecule has 0 aromatic heterocycles. The second kappa shape index (κ2) is 8.17. The minimum atomic E-state index is -0.357. The molecule has 2 aliphatic heterocycles. The van der Waals surface area contributed by atoms with Crippen molar-refractivity contribution in [2.75, 3.05) is 26.7 Å². The number of carbonyl (C=O) groups is 3. The molecule has 6 nitrogen and oxygen atoms in total. The lowest BCUT2D eigenvalue weighted by atomic mass is 10.0. The SMILES string of the molecule is CN1C(=O)c2ccc(C(=O)NC3CCCN(CCc4ccccc4)C3)cc2C1=O. The molecule has 4 rings (SSSR count). The first-order valence-corrected chi connectivity index (χ1v) is 10.1. The predicted octanol–water partition coefficient (Wildman–Crippen LogP) is 2.35. The molecule has 0 bridgehead atoms. The number of amides is 3. The number of piperidine rings is 1. The summed E-state index contributed by atoms with van der Waals surface area (Å²) in [5, 5.41) is 3.10. The zero-order valence-electron chi connectivity index (χ0n) is 16.6. The molecular weight excluding hydrogens is 366 g/mol. The first-order chi connectivity index (χ1) is 14.0. The number of rotatable bonds is 5. The number of fused-ring (bicyclic) bond motifs is 1. The summed E-state index contributed by atoms with van der Waals surface area (Å²) >= 11 is 0. The van der Waals surface area contributed by atoms with Gasteiger partial charge in [0.25, 0.3) is 17.7 Å². The standard InChI is InChI=1S/C23H25N3O3/c1-25-22(28)19-10-9-17(14-20(19)23(25)29)21(27)24-18-8-5-12-26(15-18)13-11-16-6-3-2-4-7-16/h2-4,6-7,9-10,14,18H,5,8,11-13,15H2,1H3,(H,24,27). The van der Waals surface area contributed by atoms with E-state index in [-0.39, 0.29) is 23.8 Å². The molecule has 3 amide bonds. The molecule has 0 radical (unpaired) electrons. The number of imide groups is 1. The van der Waals surface area contributed by atoms with Crippen LogP contribution in [0.15, 0.2) is 48.5 Å². The number of carbonyl (C=O) groups excluding carboxylic acids is 3. The van der Waals surface area contributed by atoms with Crippen molar-refractivity contribution in [3.8, 4) is 0 Å². The van der Waals surface area contributed by atoms with E-state index in [2.05, 4.69) is 34.5 Å². The fourth-order valence-corrected chi connectivity index (χ4v) is 4.08. The highest BCUT2D eigenvalue weighted by Gasteiger charge is 2.33. The number of likely N-dealkylation sites (tertiary alicyclic amines) is 1. The molecule has 0 saturated carbocycles. The van der Waals surface area contributed by atoms with Crippen LogP contribution in [0.2, 0.25) is 0 Å². The molecular formula is C23H25N3O3. The van der Waals surface area contributed by atoms with Crippen LogP contribution >= 0.6 is 0 Å². The van der Waals surface area contributed by atoms with E-state index in [1.54, 1.807) is 12.1 Å². The molecule has 0 spiro atoms. The molecule has 2 heterocycles. The summed E-state index contributed by atoms with van der Waals surface area (Å²) in [5.41, 5.74) is 2.40. The van der Waals surface area contributed by atoms with Gasteiger partial charge in [0.1, 0.15) is 0 Å². The van der Waals surface area contributed by atoms with Crippen molar-refractivity contribution in [1.29, 1.82) is 0 Å². The Labute approximate surface area is 170 Å². The number of nitrogens with one attached hydrogen (secondary N) is 1. The Hall–Kier alpha value is -2.99. The van der Waals surface area contributed by atoms with Crippen molar-refractivity contribution in [3.05, 3.63) is 70.8 Å². The highest BCUT2D eigenvalue weighted by atomic mass is 16.2. The summed E-state index contributed by atoms with van der Waals surface area (Å²) in [6.07, 6.45) is 2.98. The van der Waals surface area contributed by atoms with Crippen LogP contribution in [-0.4, -0.2) is 60.2 Å². The summed E-state index contributed by atoms with van der Waals surface area (Å²) in [6, 6.07) is 15.2. The molecule has 1 saturated heterocycles. The maximum Gasteiger partial charge on any atom is 0.261 e. The zero-order valence-corrected chi connectivity index (χ0v) is 16.6. The molecule has 1 fully saturated rings. The maximum atomic E-state index is 12.7. The van der Waals surface area contributed by atoms with Crippen LogP contribution in [0.4, 0.5) is 0 Å². The molecule has 0 aliphatic carbocycles. The van der Waals surface area contributed by atoms with Gasteiger partial charge in [-0.15, -0.1) is 0 Å². The van der Waals surface area contributed by atoms with Crippen LogP contribution < -0.4 is 5.32 Å². The van der Waals surface area contributed by atoms with E-state index < -0.39 is 0 Å². The summed E-state index contributed by atoms with van der Waals surface area (Å²) in [7, 11) is 1.45. The number of nitrogens with zero attached hydrogens (tertiary/aromatic N) is 2. The van der Waals surface area contributed by atoms with Crippen molar-refractivity contribution < 1.29 is 14.4 Å². The maximum absolute atomic E-state index is 12.7. The van der Waals surface area contributed by atoms with Crippen molar-refractivity contribution in [2.24, 2.45) is 0 Å². The van der Waals surface area contributed by atoms with E-state index in [0.717, 1.165) is 43.8 Å². The van der Waals surface area contributed by atoms with E-state index in [4.69, 9.17) is 0 Å². The Bertz CT molecular complexity index is 942. The van der Waals surface area contributed by atoms with Crippen molar-refractivity contribution in [3.63, 3.8) is 0 Å². The van der Waals surface area contributed by atoms with Gasteiger partial charge in [0, 0.05) is 31.7 Å². The lowest BCUT2D eigenvalue weighted by molar-refractivity contribution is 0.0693. The van der Waals surface area contributed by atoms with Crippen LogP contribution in [0, 0.1) is 0 Å². The Kier molecular flexibility index (Phi) is 5.45. The average Bonchev–Trinajstić information content (AvgIpc) is 2.97. The molecule has 2 aliphatic rings. The lowest BCUT2D eigenvalue weighted by Gasteiger charge is -2.33. The Morgan fingerprint density at radius 3 is 2.62 bits per heavy atom. The molecule has 2 aromatic rings. The second-order valence-corrected chi connectivity index (χ2v) is 7.78. The number of benzene rings is 2. The van der Waals surface area contributed by atoms with Crippen molar-refractivity contribution >= 4 is 17.7 Å². The van der Waals surface area contributed by atoms with E-state index in [1.807, 2.05) is 6.07 Å². The van der Waals surface area contributed by atoms with Gasteiger partial charge in [-0.3, -0.25) is 19.3 Å². The molecule has 29 heavy (non-hydrogen) atoms. The van der Waals surface area contributed by atoms with Gasteiger partial charge in [0.05, 0.1) is 11.1 Å². The predicted molar refractivity (Wildman–Crippen MR) is 110 cm³/mol. The summed E-state index contributed by atoms with van der Waals surface area (Å²) in [4.78, 5) is 40.4. The molecule has 1 atom stereocenters. The highest BCUT2D eigenvalue weighted by molar-refractivity contribution is 6.21. The average molecular weight is 391 g/mol. The normalized spacial score (nSPS) is 19.3. The first-order valence-electron chi connectivity index (χ1n) is 10.1. The largest absolute Gasteiger partial charge is 0.348 e. The van der Waals surface area contributed by atoms with Gasteiger partial charge in [0.2, 0.25) is 0 Å². The Morgan fingerprint density at radius 2 is 1.83 bits per heavy atom. The molecule has 2 aromatic carbocycles. The van der Waals surface area contributed by atoms with Gasteiger partial charge in [-0.1, -0.05) is 30.3 Å². The van der Waals surface area contributed by atoms with E-state index in [9.17, 15) is 14.4 Å². The van der Waals surface area contributed by atoms with Gasteiger partial charge in [-0.25, -0.2) is 0 Å². The smallest absolute Gasteiger partial charge is 0.261 e. The fourth-order valence-electron chi connectivity index (χ4n) is 4.08.